The lowest BCUT2D eigenvalue weighted by Crippen LogP contribution is -2.01. The summed E-state index contributed by atoms with van der Waals surface area (Å²) in [4.78, 5) is 11.0. The van der Waals surface area contributed by atoms with E-state index in [0.29, 0.717) is 8.59 Å². The molecule has 0 aliphatic heterocycles. The first-order valence-electron chi connectivity index (χ1n) is 3.32. The molecule has 0 bridgehead atoms. The zero-order chi connectivity index (χ0) is 10.0. The number of hydrogen-bond donors (Lipinski definition) is 1. The molecule has 0 aromatic heterocycles. The fraction of sp³-hybridized carbons (Fsp3) is 0.125. The van der Waals surface area contributed by atoms with Crippen LogP contribution in [0.3, 0.4) is 0 Å². The molecule has 5 heteroatoms. The van der Waals surface area contributed by atoms with Crippen LogP contribution in [0.15, 0.2) is 12.1 Å². The van der Waals surface area contributed by atoms with Gasteiger partial charge in [0.1, 0.15) is 5.75 Å². The molecular weight excluding hydrogens is 306 g/mol. The number of carbonyl (C=O) groups is 1. The first-order valence-corrected chi connectivity index (χ1v) is 4.78. The number of ether oxygens (including phenoxy) is 1. The van der Waals surface area contributed by atoms with E-state index in [0.717, 1.165) is 0 Å². The maximum Gasteiger partial charge on any atom is 0.338 e. The minimum Gasteiger partial charge on any atom is -0.507 e. The average molecular weight is 312 g/mol. The predicted octanol–water partition coefficient (Wildman–Crippen LogP) is 2.44. The van der Waals surface area contributed by atoms with Crippen LogP contribution in [-0.2, 0) is 4.74 Å². The van der Waals surface area contributed by atoms with E-state index in [9.17, 15) is 9.90 Å². The predicted molar refractivity (Wildman–Crippen MR) is 57.2 cm³/mol. The molecule has 0 saturated heterocycles. The average Bonchev–Trinajstić information content (AvgIpc) is 2.12. The van der Waals surface area contributed by atoms with Crippen molar-refractivity contribution >= 4 is 40.2 Å². The molecule has 0 spiro atoms. The number of phenolic OH excluding ortho intramolecular Hbond substituents is 1. The molecule has 0 aliphatic carbocycles. The Morgan fingerprint density at radius 2 is 2.23 bits per heavy atom. The number of benzene rings is 1. The summed E-state index contributed by atoms with van der Waals surface area (Å²) in [6, 6.07) is 2.77. The van der Waals surface area contributed by atoms with Crippen molar-refractivity contribution < 1.29 is 14.6 Å². The van der Waals surface area contributed by atoms with Gasteiger partial charge >= 0.3 is 5.97 Å². The van der Waals surface area contributed by atoms with E-state index in [1.54, 1.807) is 0 Å². The second kappa shape index (κ2) is 4.15. The van der Waals surface area contributed by atoms with Crippen molar-refractivity contribution in [1.82, 2.24) is 0 Å². The smallest absolute Gasteiger partial charge is 0.338 e. The molecule has 0 fully saturated rings. The molecule has 0 saturated carbocycles. The van der Waals surface area contributed by atoms with Crippen molar-refractivity contribution in [3.63, 3.8) is 0 Å². The van der Waals surface area contributed by atoms with Gasteiger partial charge in [-0.05, 0) is 34.7 Å². The molecular formula is C8H6ClIO3. The standard InChI is InChI=1S/C8H6ClIO3/c1-13-8(12)4-2-5(9)7(10)6(11)3-4/h2-3,11H,1H3. The fourth-order valence-electron chi connectivity index (χ4n) is 0.810. The minimum absolute atomic E-state index is 0.0199. The molecule has 1 aromatic rings. The van der Waals surface area contributed by atoms with Gasteiger partial charge < -0.3 is 9.84 Å². The van der Waals surface area contributed by atoms with Crippen molar-refractivity contribution in [2.24, 2.45) is 0 Å². The van der Waals surface area contributed by atoms with Gasteiger partial charge in [0.2, 0.25) is 0 Å². The van der Waals surface area contributed by atoms with Gasteiger partial charge in [0.15, 0.2) is 0 Å². The summed E-state index contributed by atoms with van der Waals surface area (Å²) in [5.74, 6) is -0.540. The second-order valence-electron chi connectivity index (χ2n) is 2.28. The molecule has 0 radical (unpaired) electrons. The van der Waals surface area contributed by atoms with Gasteiger partial charge in [-0.2, -0.15) is 0 Å². The lowest BCUT2D eigenvalue weighted by Gasteiger charge is -2.03. The van der Waals surface area contributed by atoms with Gasteiger partial charge in [-0.1, -0.05) is 11.6 Å². The molecule has 1 N–H and O–H groups in total. The Bertz CT molecular complexity index is 328. The van der Waals surface area contributed by atoms with E-state index in [1.165, 1.54) is 19.2 Å². The van der Waals surface area contributed by atoms with Crippen LogP contribution in [0.4, 0.5) is 0 Å². The third-order valence-electron chi connectivity index (χ3n) is 1.43. The fourth-order valence-corrected chi connectivity index (χ4v) is 1.34. The molecule has 3 nitrogen and oxygen atoms in total. The van der Waals surface area contributed by atoms with Gasteiger partial charge in [-0.3, -0.25) is 0 Å². The van der Waals surface area contributed by atoms with Crippen LogP contribution in [0.5, 0.6) is 5.75 Å². The number of halogens is 2. The summed E-state index contributed by atoms with van der Waals surface area (Å²) in [6.07, 6.45) is 0. The van der Waals surface area contributed by atoms with Crippen LogP contribution < -0.4 is 0 Å². The largest absolute Gasteiger partial charge is 0.507 e. The summed E-state index contributed by atoms with van der Waals surface area (Å²) in [5.41, 5.74) is 0.241. The monoisotopic (exact) mass is 312 g/mol. The van der Waals surface area contributed by atoms with Gasteiger partial charge in [0.25, 0.3) is 0 Å². The van der Waals surface area contributed by atoms with Crippen LogP contribution >= 0.6 is 34.2 Å². The third kappa shape index (κ3) is 2.25. The van der Waals surface area contributed by atoms with Gasteiger partial charge in [-0.15, -0.1) is 0 Å². The summed E-state index contributed by atoms with van der Waals surface area (Å²) in [7, 11) is 1.27. The van der Waals surface area contributed by atoms with Crippen molar-refractivity contribution in [3.8, 4) is 5.75 Å². The quantitative estimate of drug-likeness (QED) is 0.640. The van der Waals surface area contributed by atoms with Crippen LogP contribution in [0.1, 0.15) is 10.4 Å². The Morgan fingerprint density at radius 3 is 2.69 bits per heavy atom. The lowest BCUT2D eigenvalue weighted by atomic mass is 10.2. The highest BCUT2D eigenvalue weighted by Gasteiger charge is 2.11. The summed E-state index contributed by atoms with van der Waals surface area (Å²) < 4.78 is 5.00. The number of carbonyl (C=O) groups excluding carboxylic acids is 1. The minimum atomic E-state index is -0.520. The Hall–Kier alpha value is -0.490. The van der Waals surface area contributed by atoms with E-state index in [4.69, 9.17) is 11.6 Å². The zero-order valence-electron chi connectivity index (χ0n) is 6.67. The number of rotatable bonds is 1. The van der Waals surface area contributed by atoms with Gasteiger partial charge in [-0.25, -0.2) is 4.79 Å². The molecule has 0 atom stereocenters. The number of phenols is 1. The molecule has 70 valence electrons. The summed E-state index contributed by atoms with van der Waals surface area (Å²) in [5, 5.41) is 9.66. The number of aromatic hydroxyl groups is 1. The normalized spacial score (nSPS) is 9.77. The highest BCUT2D eigenvalue weighted by Crippen LogP contribution is 2.29. The van der Waals surface area contributed by atoms with E-state index in [2.05, 4.69) is 4.74 Å². The Balaban J connectivity index is 3.20. The molecule has 0 aliphatic rings. The highest BCUT2D eigenvalue weighted by atomic mass is 127. The van der Waals surface area contributed by atoms with Crippen molar-refractivity contribution in [1.29, 1.82) is 0 Å². The Morgan fingerprint density at radius 1 is 1.62 bits per heavy atom. The lowest BCUT2D eigenvalue weighted by molar-refractivity contribution is 0.0600. The maximum atomic E-state index is 11.0. The van der Waals surface area contributed by atoms with Gasteiger partial charge in [0, 0.05) is 0 Å². The topological polar surface area (TPSA) is 46.5 Å². The molecule has 0 amide bonds. The van der Waals surface area contributed by atoms with Crippen molar-refractivity contribution in [3.05, 3.63) is 26.3 Å². The van der Waals surface area contributed by atoms with Crippen molar-refractivity contribution in [2.45, 2.75) is 0 Å². The van der Waals surface area contributed by atoms with E-state index < -0.39 is 5.97 Å². The van der Waals surface area contributed by atoms with Crippen LogP contribution in [-0.4, -0.2) is 18.2 Å². The zero-order valence-corrected chi connectivity index (χ0v) is 9.59. The molecule has 1 rings (SSSR count). The number of esters is 1. The molecule has 0 unspecified atom stereocenters. The van der Waals surface area contributed by atoms with Crippen LogP contribution in [0, 0.1) is 3.57 Å². The third-order valence-corrected chi connectivity index (χ3v) is 3.18. The number of methoxy groups -OCH3 is 1. The van der Waals surface area contributed by atoms with Crippen LogP contribution in [0.25, 0.3) is 0 Å². The highest BCUT2D eigenvalue weighted by molar-refractivity contribution is 14.1. The maximum absolute atomic E-state index is 11.0. The van der Waals surface area contributed by atoms with E-state index in [-0.39, 0.29) is 11.3 Å². The van der Waals surface area contributed by atoms with E-state index >= 15 is 0 Å². The molecule has 0 heterocycles. The van der Waals surface area contributed by atoms with Crippen LogP contribution in [0.2, 0.25) is 5.02 Å². The van der Waals surface area contributed by atoms with E-state index in [1.807, 2.05) is 22.6 Å². The first kappa shape index (κ1) is 10.6. The SMILES string of the molecule is COC(=O)c1cc(O)c(I)c(Cl)c1. The number of hydrogen-bond acceptors (Lipinski definition) is 3. The second-order valence-corrected chi connectivity index (χ2v) is 3.77. The van der Waals surface area contributed by atoms with Crippen molar-refractivity contribution in [2.75, 3.05) is 7.11 Å². The Kier molecular flexibility index (Phi) is 3.38. The first-order chi connectivity index (χ1) is 6.06. The summed E-state index contributed by atoms with van der Waals surface area (Å²) in [6.45, 7) is 0. The molecule has 1 aromatic carbocycles. The van der Waals surface area contributed by atoms with Gasteiger partial charge in [0.05, 0.1) is 21.3 Å². The Labute approximate surface area is 93.8 Å². The summed E-state index contributed by atoms with van der Waals surface area (Å²) >= 11 is 7.63. The molecule has 13 heavy (non-hydrogen) atoms.